The fourth-order valence-corrected chi connectivity index (χ4v) is 3.17. The van der Waals surface area contributed by atoms with Crippen LogP contribution in [-0.4, -0.2) is 25.5 Å². The summed E-state index contributed by atoms with van der Waals surface area (Å²) in [6.07, 6.45) is 0. The van der Waals surface area contributed by atoms with Crippen LogP contribution in [0, 0.1) is 0 Å². The van der Waals surface area contributed by atoms with Crippen molar-refractivity contribution in [3.8, 4) is 0 Å². The Morgan fingerprint density at radius 2 is 1.83 bits per heavy atom. The Balaban J connectivity index is 2.85. The summed E-state index contributed by atoms with van der Waals surface area (Å²) < 4.78 is 25.4. The molecule has 1 rings (SSSR count). The zero-order valence-corrected chi connectivity index (χ0v) is 11.7. The van der Waals surface area contributed by atoms with Crippen LogP contribution in [0.5, 0.6) is 0 Å². The maximum atomic E-state index is 11.7. The van der Waals surface area contributed by atoms with E-state index < -0.39 is 22.0 Å². The predicted octanol–water partition coefficient (Wildman–Crippen LogP) is 1.89. The van der Waals surface area contributed by atoms with Crippen LogP contribution in [0.4, 0.5) is 0 Å². The van der Waals surface area contributed by atoms with Gasteiger partial charge in [0.15, 0.2) is 0 Å². The third-order valence-electron chi connectivity index (χ3n) is 2.01. The third kappa shape index (κ3) is 4.81. The maximum Gasteiger partial charge on any atom is 0.321 e. The van der Waals surface area contributed by atoms with Crippen LogP contribution >= 0.6 is 23.2 Å². The van der Waals surface area contributed by atoms with Crippen molar-refractivity contribution in [3.63, 3.8) is 0 Å². The zero-order chi connectivity index (χ0) is 13.9. The van der Waals surface area contributed by atoms with Crippen molar-refractivity contribution in [2.75, 3.05) is 0 Å². The van der Waals surface area contributed by atoms with E-state index in [1.807, 2.05) is 4.72 Å². The molecule has 0 amide bonds. The van der Waals surface area contributed by atoms with Crippen molar-refractivity contribution in [3.05, 3.63) is 33.8 Å². The first kappa shape index (κ1) is 15.2. The summed E-state index contributed by atoms with van der Waals surface area (Å²) in [5.41, 5.74) is 0.387. The topological polar surface area (TPSA) is 83.5 Å². The lowest BCUT2D eigenvalue weighted by Crippen LogP contribution is -2.38. The monoisotopic (exact) mass is 311 g/mol. The van der Waals surface area contributed by atoms with E-state index in [1.165, 1.54) is 25.1 Å². The molecule has 0 heterocycles. The van der Waals surface area contributed by atoms with E-state index in [0.717, 1.165) is 0 Å². The van der Waals surface area contributed by atoms with Crippen molar-refractivity contribution in [2.45, 2.75) is 18.7 Å². The minimum Gasteiger partial charge on any atom is -0.480 e. The van der Waals surface area contributed by atoms with Crippen molar-refractivity contribution in [2.24, 2.45) is 0 Å². The average molecular weight is 312 g/mol. The molecule has 0 aliphatic rings. The quantitative estimate of drug-likeness (QED) is 0.869. The normalized spacial score (nSPS) is 13.3. The van der Waals surface area contributed by atoms with E-state index >= 15 is 0 Å². The molecule has 1 aromatic rings. The van der Waals surface area contributed by atoms with Gasteiger partial charge < -0.3 is 5.11 Å². The number of halogens is 2. The van der Waals surface area contributed by atoms with E-state index in [0.29, 0.717) is 15.6 Å². The molecule has 2 N–H and O–H groups in total. The highest BCUT2D eigenvalue weighted by Gasteiger charge is 2.20. The molecule has 1 unspecified atom stereocenters. The number of nitrogens with one attached hydrogen (secondary N) is 1. The average Bonchev–Trinajstić information content (AvgIpc) is 2.13. The van der Waals surface area contributed by atoms with E-state index in [-0.39, 0.29) is 5.75 Å². The van der Waals surface area contributed by atoms with Crippen LogP contribution in [0.3, 0.4) is 0 Å². The lowest BCUT2D eigenvalue weighted by Gasteiger charge is -2.10. The second-order valence-corrected chi connectivity index (χ2v) is 6.34. The molecule has 0 spiro atoms. The maximum absolute atomic E-state index is 11.7. The van der Waals surface area contributed by atoms with E-state index in [4.69, 9.17) is 28.3 Å². The zero-order valence-electron chi connectivity index (χ0n) is 9.35. The molecule has 0 bridgehead atoms. The Bertz CT molecular complexity index is 539. The van der Waals surface area contributed by atoms with Crippen LogP contribution in [0.15, 0.2) is 18.2 Å². The summed E-state index contributed by atoms with van der Waals surface area (Å²) in [5.74, 6) is -1.63. The van der Waals surface area contributed by atoms with Crippen molar-refractivity contribution < 1.29 is 18.3 Å². The van der Waals surface area contributed by atoms with Gasteiger partial charge in [-0.3, -0.25) is 4.79 Å². The highest BCUT2D eigenvalue weighted by atomic mass is 35.5. The largest absolute Gasteiger partial charge is 0.480 e. The smallest absolute Gasteiger partial charge is 0.321 e. The molecule has 0 aliphatic carbocycles. The van der Waals surface area contributed by atoms with Gasteiger partial charge in [0, 0.05) is 10.0 Å². The molecule has 1 aromatic carbocycles. The van der Waals surface area contributed by atoms with Crippen LogP contribution in [-0.2, 0) is 20.6 Å². The molecule has 5 nitrogen and oxygen atoms in total. The number of rotatable bonds is 5. The molecule has 18 heavy (non-hydrogen) atoms. The van der Waals surface area contributed by atoms with Gasteiger partial charge in [0.2, 0.25) is 10.0 Å². The molecule has 0 saturated carbocycles. The molecule has 1 atom stereocenters. The van der Waals surface area contributed by atoms with Crippen LogP contribution in [0.1, 0.15) is 12.5 Å². The molecule has 0 fully saturated rings. The first-order valence-electron chi connectivity index (χ1n) is 4.87. The summed E-state index contributed by atoms with van der Waals surface area (Å²) in [6, 6.07) is 3.20. The number of sulfonamides is 1. The molecule has 100 valence electrons. The second kappa shape index (κ2) is 5.88. The Morgan fingerprint density at radius 1 is 1.33 bits per heavy atom. The number of carboxylic acid groups (broad SMARTS) is 1. The summed E-state index contributed by atoms with van der Waals surface area (Å²) in [6.45, 7) is 1.24. The van der Waals surface area contributed by atoms with Crippen molar-refractivity contribution in [1.29, 1.82) is 0 Å². The van der Waals surface area contributed by atoms with Gasteiger partial charge in [0.05, 0.1) is 5.75 Å². The van der Waals surface area contributed by atoms with E-state index in [2.05, 4.69) is 0 Å². The van der Waals surface area contributed by atoms with E-state index in [9.17, 15) is 13.2 Å². The number of carbonyl (C=O) groups is 1. The lowest BCUT2D eigenvalue weighted by atomic mass is 10.2. The molecule has 0 aliphatic heterocycles. The van der Waals surface area contributed by atoms with E-state index in [1.54, 1.807) is 0 Å². The van der Waals surface area contributed by atoms with Gasteiger partial charge in [-0.15, -0.1) is 0 Å². The number of hydrogen-bond donors (Lipinski definition) is 2. The van der Waals surface area contributed by atoms with Crippen LogP contribution in [0.2, 0.25) is 10.0 Å². The van der Waals surface area contributed by atoms with Gasteiger partial charge in [0.1, 0.15) is 6.04 Å². The predicted molar refractivity (Wildman–Crippen MR) is 69.3 cm³/mol. The molecule has 0 saturated heterocycles. The molecule has 8 heteroatoms. The molecule has 0 aromatic heterocycles. The number of aliphatic carboxylic acids is 1. The Kier molecular flexibility index (Phi) is 4.98. The lowest BCUT2D eigenvalue weighted by molar-refractivity contribution is -0.138. The Morgan fingerprint density at radius 3 is 2.28 bits per heavy atom. The summed E-state index contributed by atoms with van der Waals surface area (Å²) >= 11 is 11.5. The summed E-state index contributed by atoms with van der Waals surface area (Å²) in [5, 5.41) is 9.27. The number of hydrogen-bond acceptors (Lipinski definition) is 3. The molecular formula is C10H11Cl2NO4S. The summed E-state index contributed by atoms with van der Waals surface area (Å²) in [4.78, 5) is 10.6. The first-order chi connectivity index (χ1) is 8.19. The van der Waals surface area contributed by atoms with Crippen LogP contribution in [0.25, 0.3) is 0 Å². The van der Waals surface area contributed by atoms with Gasteiger partial charge in [0.25, 0.3) is 0 Å². The van der Waals surface area contributed by atoms with Crippen LogP contribution < -0.4 is 4.72 Å². The first-order valence-corrected chi connectivity index (χ1v) is 7.28. The Hall–Kier alpha value is -0.820. The van der Waals surface area contributed by atoms with Gasteiger partial charge in [-0.25, -0.2) is 13.1 Å². The van der Waals surface area contributed by atoms with Gasteiger partial charge in [-0.05, 0) is 30.7 Å². The highest BCUT2D eigenvalue weighted by molar-refractivity contribution is 7.88. The van der Waals surface area contributed by atoms with Gasteiger partial charge >= 0.3 is 5.97 Å². The highest BCUT2D eigenvalue weighted by Crippen LogP contribution is 2.20. The minimum atomic E-state index is -3.76. The summed E-state index contributed by atoms with van der Waals surface area (Å²) in [7, 11) is -3.76. The number of carboxylic acids is 1. The van der Waals surface area contributed by atoms with Crippen molar-refractivity contribution in [1.82, 2.24) is 4.72 Å². The standard InChI is InChI=1S/C10H11Cl2NO4S/c1-6(10(14)15)13-18(16,17)5-7-2-8(11)4-9(12)3-7/h2-4,6,13H,5H2,1H3,(H,14,15). The Labute approximate surface area is 115 Å². The fraction of sp³-hybridized carbons (Fsp3) is 0.300. The van der Waals surface area contributed by atoms with Crippen molar-refractivity contribution >= 4 is 39.2 Å². The molecule has 0 radical (unpaired) electrons. The van der Waals surface area contributed by atoms with Gasteiger partial charge in [-0.2, -0.15) is 0 Å². The second-order valence-electron chi connectivity index (χ2n) is 3.71. The molecular weight excluding hydrogens is 301 g/mol. The van der Waals surface area contributed by atoms with Gasteiger partial charge in [-0.1, -0.05) is 23.2 Å². The number of benzene rings is 1. The third-order valence-corrected chi connectivity index (χ3v) is 3.87. The SMILES string of the molecule is CC(NS(=O)(=O)Cc1cc(Cl)cc(Cl)c1)C(=O)O. The minimum absolute atomic E-state index is 0.319. The fourth-order valence-electron chi connectivity index (χ4n) is 1.28.